The Labute approximate surface area is 157 Å². The summed E-state index contributed by atoms with van der Waals surface area (Å²) in [6.07, 6.45) is 4.19. The van der Waals surface area contributed by atoms with E-state index in [0.29, 0.717) is 35.0 Å². The molecule has 1 fully saturated rings. The zero-order chi connectivity index (χ0) is 18.7. The molecule has 3 heterocycles. The lowest BCUT2D eigenvalue weighted by molar-refractivity contribution is -0.129. The molecule has 0 atom stereocenters. The fourth-order valence-corrected chi connectivity index (χ4v) is 4.33. The molecule has 1 aliphatic heterocycles. The van der Waals surface area contributed by atoms with Gasteiger partial charge in [0.15, 0.2) is 10.7 Å². The third kappa shape index (κ3) is 3.65. The minimum absolute atomic E-state index is 0.0628. The van der Waals surface area contributed by atoms with Gasteiger partial charge in [-0.05, 0) is 39.5 Å². The van der Waals surface area contributed by atoms with Crippen molar-refractivity contribution in [3.05, 3.63) is 16.0 Å². The number of hydrogen-bond acceptors (Lipinski definition) is 5. The van der Waals surface area contributed by atoms with Gasteiger partial charge >= 0.3 is 0 Å². The minimum atomic E-state index is -0.0628. The third-order valence-corrected chi connectivity index (χ3v) is 5.72. The number of aromatic nitrogens is 4. The minimum Gasteiger partial charge on any atom is -0.342 e. The Bertz CT molecular complexity index is 851. The maximum Gasteiger partial charge on any atom is 0.280 e. The molecule has 0 spiro atoms. The molecule has 1 amide bonds. The number of hydrogen-bond donors (Lipinski definition) is 0. The maximum atomic E-state index is 13.0. The summed E-state index contributed by atoms with van der Waals surface area (Å²) in [7, 11) is 0. The summed E-state index contributed by atoms with van der Waals surface area (Å²) in [6.45, 7) is 8.79. The van der Waals surface area contributed by atoms with Crippen LogP contribution in [-0.4, -0.2) is 49.0 Å². The van der Waals surface area contributed by atoms with Crippen molar-refractivity contribution in [3.8, 4) is 0 Å². The van der Waals surface area contributed by atoms with Crippen LogP contribution in [0.4, 0.5) is 0 Å². The molecule has 2 aromatic rings. The lowest BCUT2D eigenvalue weighted by atomic mass is 10.1. The van der Waals surface area contributed by atoms with E-state index in [4.69, 9.17) is 4.98 Å². The molecule has 142 valence electrons. The first-order valence-corrected chi connectivity index (χ1v) is 10.4. The summed E-state index contributed by atoms with van der Waals surface area (Å²) in [6, 6.07) is 0. The van der Waals surface area contributed by atoms with Gasteiger partial charge in [0.1, 0.15) is 5.52 Å². The van der Waals surface area contributed by atoms with Gasteiger partial charge in [-0.3, -0.25) is 18.8 Å². The quantitative estimate of drug-likeness (QED) is 0.571. The van der Waals surface area contributed by atoms with E-state index >= 15 is 0 Å². The highest BCUT2D eigenvalue weighted by Crippen LogP contribution is 2.21. The topological polar surface area (TPSA) is 73.0 Å². The average Bonchev–Trinajstić information content (AvgIpc) is 2.99. The second-order valence-electron chi connectivity index (χ2n) is 6.68. The lowest BCUT2D eigenvalue weighted by Crippen LogP contribution is -2.37. The highest BCUT2D eigenvalue weighted by Gasteiger charge is 2.20. The molecular formula is C18H27N5O2S. The molecule has 0 radical (unpaired) electrons. The average molecular weight is 378 g/mol. The van der Waals surface area contributed by atoms with E-state index in [-0.39, 0.29) is 11.5 Å². The second-order valence-corrected chi connectivity index (χ2v) is 7.62. The molecule has 2 aromatic heterocycles. The van der Waals surface area contributed by atoms with E-state index in [1.54, 1.807) is 9.25 Å². The van der Waals surface area contributed by atoms with Gasteiger partial charge in [0.2, 0.25) is 5.91 Å². The molecule has 0 aliphatic carbocycles. The van der Waals surface area contributed by atoms with Gasteiger partial charge in [0, 0.05) is 26.2 Å². The molecule has 0 unspecified atom stereocenters. The van der Waals surface area contributed by atoms with Gasteiger partial charge in [-0.1, -0.05) is 18.7 Å². The molecule has 0 N–H and O–H groups in total. The summed E-state index contributed by atoms with van der Waals surface area (Å²) < 4.78 is 3.42. The summed E-state index contributed by atoms with van der Waals surface area (Å²) >= 11 is 1.37. The van der Waals surface area contributed by atoms with Crippen molar-refractivity contribution < 1.29 is 4.79 Å². The molecule has 26 heavy (non-hydrogen) atoms. The van der Waals surface area contributed by atoms with E-state index in [1.165, 1.54) is 18.2 Å². The van der Waals surface area contributed by atoms with Gasteiger partial charge in [0.05, 0.1) is 11.4 Å². The fourth-order valence-electron chi connectivity index (χ4n) is 3.41. The molecule has 1 aliphatic rings. The summed E-state index contributed by atoms with van der Waals surface area (Å²) in [4.78, 5) is 32.2. The van der Waals surface area contributed by atoms with E-state index in [0.717, 1.165) is 38.0 Å². The second kappa shape index (κ2) is 8.24. The van der Waals surface area contributed by atoms with Crippen LogP contribution in [0.3, 0.4) is 0 Å². The van der Waals surface area contributed by atoms with Gasteiger partial charge in [-0.2, -0.15) is 5.10 Å². The molecule has 7 nitrogen and oxygen atoms in total. The summed E-state index contributed by atoms with van der Waals surface area (Å²) in [5.74, 6) is 0.455. The first-order chi connectivity index (χ1) is 12.6. The van der Waals surface area contributed by atoms with Crippen molar-refractivity contribution in [1.82, 2.24) is 24.2 Å². The van der Waals surface area contributed by atoms with Gasteiger partial charge in [-0.25, -0.2) is 4.98 Å². The number of piperidine rings is 1. The Morgan fingerprint density at radius 2 is 1.92 bits per heavy atom. The molecule has 0 bridgehead atoms. The Morgan fingerprint density at radius 1 is 1.19 bits per heavy atom. The van der Waals surface area contributed by atoms with Crippen LogP contribution in [-0.2, 0) is 17.9 Å². The molecule has 1 saturated heterocycles. The highest BCUT2D eigenvalue weighted by atomic mass is 32.2. The van der Waals surface area contributed by atoms with Gasteiger partial charge < -0.3 is 4.90 Å². The number of aryl methyl sites for hydroxylation is 2. The predicted molar refractivity (Wildman–Crippen MR) is 104 cm³/mol. The normalized spacial score (nSPS) is 15.0. The van der Waals surface area contributed by atoms with Crippen molar-refractivity contribution >= 4 is 28.7 Å². The van der Waals surface area contributed by atoms with E-state index in [1.807, 2.05) is 25.7 Å². The third-order valence-electron chi connectivity index (χ3n) is 4.76. The van der Waals surface area contributed by atoms with Gasteiger partial charge in [-0.15, -0.1) is 0 Å². The monoisotopic (exact) mass is 377 g/mol. The number of rotatable bonds is 6. The number of thioether (sulfide) groups is 1. The largest absolute Gasteiger partial charge is 0.342 e. The summed E-state index contributed by atoms with van der Waals surface area (Å²) in [5.41, 5.74) is 1.90. The Balaban J connectivity index is 1.91. The van der Waals surface area contributed by atoms with Crippen LogP contribution in [0, 0.1) is 6.92 Å². The van der Waals surface area contributed by atoms with Crippen molar-refractivity contribution in [2.24, 2.45) is 0 Å². The van der Waals surface area contributed by atoms with Crippen LogP contribution in [0.5, 0.6) is 0 Å². The molecule has 3 rings (SSSR count). The SMILES string of the molecule is CCCn1c(SCC(=O)N2CCCCC2)nc2c(C)nn(CC)c2c1=O. The Kier molecular flexibility index (Phi) is 6.01. The number of fused-ring (bicyclic) bond motifs is 1. The van der Waals surface area contributed by atoms with Gasteiger partial charge in [0.25, 0.3) is 5.56 Å². The van der Waals surface area contributed by atoms with Crippen LogP contribution in [0.25, 0.3) is 11.0 Å². The first-order valence-electron chi connectivity index (χ1n) is 9.45. The zero-order valence-corrected chi connectivity index (χ0v) is 16.6. The van der Waals surface area contributed by atoms with Crippen LogP contribution in [0.1, 0.15) is 45.2 Å². The van der Waals surface area contributed by atoms with Crippen LogP contribution in [0.15, 0.2) is 9.95 Å². The Hall–Kier alpha value is -1.83. The number of amides is 1. The van der Waals surface area contributed by atoms with Crippen molar-refractivity contribution in [1.29, 1.82) is 0 Å². The van der Waals surface area contributed by atoms with E-state index in [9.17, 15) is 9.59 Å². The first kappa shape index (κ1) is 18.9. The molecule has 0 saturated carbocycles. The standard InChI is InChI=1S/C18H27N5O2S/c1-4-9-22-17(25)16-15(13(3)20-23(16)5-2)19-18(22)26-12-14(24)21-10-7-6-8-11-21/h4-12H2,1-3H3. The number of carbonyl (C=O) groups is 1. The number of likely N-dealkylation sites (tertiary alicyclic amines) is 1. The van der Waals surface area contributed by atoms with E-state index < -0.39 is 0 Å². The summed E-state index contributed by atoms with van der Waals surface area (Å²) in [5, 5.41) is 5.06. The Morgan fingerprint density at radius 3 is 2.58 bits per heavy atom. The number of carbonyl (C=O) groups excluding carboxylic acids is 1. The van der Waals surface area contributed by atoms with Crippen molar-refractivity contribution in [3.63, 3.8) is 0 Å². The van der Waals surface area contributed by atoms with Crippen LogP contribution < -0.4 is 5.56 Å². The predicted octanol–water partition coefficient (Wildman–Crippen LogP) is 2.44. The number of nitrogens with zero attached hydrogens (tertiary/aromatic N) is 5. The van der Waals surface area contributed by atoms with Crippen LogP contribution >= 0.6 is 11.8 Å². The molecule has 8 heteroatoms. The zero-order valence-electron chi connectivity index (χ0n) is 15.8. The molecular weight excluding hydrogens is 350 g/mol. The highest BCUT2D eigenvalue weighted by molar-refractivity contribution is 7.99. The van der Waals surface area contributed by atoms with Crippen molar-refractivity contribution in [2.75, 3.05) is 18.8 Å². The fraction of sp³-hybridized carbons (Fsp3) is 0.667. The van der Waals surface area contributed by atoms with Crippen LogP contribution in [0.2, 0.25) is 0 Å². The lowest BCUT2D eigenvalue weighted by Gasteiger charge is -2.26. The smallest absolute Gasteiger partial charge is 0.280 e. The van der Waals surface area contributed by atoms with E-state index in [2.05, 4.69) is 5.10 Å². The maximum absolute atomic E-state index is 13.0. The molecule has 0 aromatic carbocycles. The van der Waals surface area contributed by atoms with Crippen molar-refractivity contribution in [2.45, 2.75) is 64.7 Å².